The Bertz CT molecular complexity index is 2070. The van der Waals surface area contributed by atoms with Gasteiger partial charge in [0, 0.05) is 18.9 Å². The number of fused-ring (bicyclic) bond motifs is 2. The minimum atomic E-state index is 0.301. The van der Waals surface area contributed by atoms with E-state index in [-0.39, 0.29) is 0 Å². The zero-order valence-corrected chi connectivity index (χ0v) is 32.4. The average molecular weight is 727 g/mol. The first kappa shape index (κ1) is 37.8. The minimum Gasteiger partial charge on any atom is -0.341 e. The fraction of sp³-hybridized carbons (Fsp3) is 0.455. The van der Waals surface area contributed by atoms with Crippen LogP contribution in [0, 0.1) is 13.8 Å². The van der Waals surface area contributed by atoms with Gasteiger partial charge in [0.25, 0.3) is 0 Å². The molecule has 4 atom stereocenters. The molecule has 2 aromatic carbocycles. The third-order valence-electron chi connectivity index (χ3n) is 11.6. The van der Waals surface area contributed by atoms with E-state index >= 15 is 0 Å². The second-order valence-corrected chi connectivity index (χ2v) is 15.1. The van der Waals surface area contributed by atoms with Gasteiger partial charge in [0.2, 0.25) is 0 Å². The van der Waals surface area contributed by atoms with Crippen molar-refractivity contribution in [3.63, 3.8) is 0 Å². The van der Waals surface area contributed by atoms with Crippen molar-refractivity contribution in [2.75, 3.05) is 26.7 Å². The van der Waals surface area contributed by atoms with Crippen LogP contribution in [0.3, 0.4) is 0 Å². The summed E-state index contributed by atoms with van der Waals surface area (Å²) in [4.78, 5) is 28.1. The van der Waals surface area contributed by atoms with Crippen LogP contribution >= 0.6 is 0 Å². The van der Waals surface area contributed by atoms with Gasteiger partial charge in [0.15, 0.2) is 0 Å². The maximum absolute atomic E-state index is 5.81. The van der Waals surface area contributed by atoms with Crippen LogP contribution in [0.1, 0.15) is 116 Å². The topological polar surface area (TPSA) is 131 Å². The summed E-state index contributed by atoms with van der Waals surface area (Å²) in [6.45, 7) is 7.73. The molecule has 0 bridgehead atoms. The molecule has 0 radical (unpaired) electrons. The number of aromatic amines is 1. The van der Waals surface area contributed by atoms with E-state index in [2.05, 4.69) is 94.8 Å². The Morgan fingerprint density at radius 1 is 0.648 bits per heavy atom. The Balaban J connectivity index is 0.000000167. The van der Waals surface area contributed by atoms with Crippen LogP contribution in [-0.4, -0.2) is 66.0 Å². The van der Waals surface area contributed by atoms with Crippen molar-refractivity contribution in [3.05, 3.63) is 119 Å². The number of aromatic nitrogens is 6. The molecule has 6 heterocycles. The quantitative estimate of drug-likeness (QED) is 0.114. The van der Waals surface area contributed by atoms with Gasteiger partial charge in [0.05, 0.1) is 57.6 Å². The number of unbranched alkanes of at least 4 members (excludes halogenated alkanes) is 1. The number of piperidine rings is 2. The van der Waals surface area contributed by atoms with Crippen molar-refractivity contribution in [2.45, 2.75) is 102 Å². The molecule has 2 saturated heterocycles. The fourth-order valence-corrected chi connectivity index (χ4v) is 8.82. The Morgan fingerprint density at radius 3 is 1.98 bits per heavy atom. The second kappa shape index (κ2) is 17.8. The predicted octanol–water partition coefficient (Wildman–Crippen LogP) is 8.26. The van der Waals surface area contributed by atoms with Gasteiger partial charge in [-0.1, -0.05) is 36.4 Å². The lowest BCUT2D eigenvalue weighted by Gasteiger charge is -2.41. The van der Waals surface area contributed by atoms with E-state index in [0.717, 1.165) is 87.0 Å². The van der Waals surface area contributed by atoms with Crippen LogP contribution < -0.4 is 11.5 Å². The highest BCUT2D eigenvalue weighted by molar-refractivity contribution is 5.76. The first-order valence-corrected chi connectivity index (χ1v) is 20.1. The summed E-state index contributed by atoms with van der Waals surface area (Å²) in [6, 6.07) is 26.4. The molecule has 10 heteroatoms. The molecule has 0 aliphatic carbocycles. The number of nitrogens with zero attached hydrogens (tertiary/aromatic N) is 7. The van der Waals surface area contributed by atoms with Gasteiger partial charge in [-0.3, -0.25) is 19.8 Å². The van der Waals surface area contributed by atoms with Crippen molar-refractivity contribution in [1.82, 2.24) is 39.3 Å². The van der Waals surface area contributed by atoms with Gasteiger partial charge >= 0.3 is 0 Å². The number of likely N-dealkylation sites (tertiary alicyclic amines) is 2. The maximum atomic E-state index is 5.81. The van der Waals surface area contributed by atoms with Gasteiger partial charge in [-0.05, 0) is 146 Å². The molecule has 0 spiro atoms. The molecule has 0 amide bonds. The van der Waals surface area contributed by atoms with Crippen LogP contribution in [0.25, 0.3) is 22.1 Å². The molecule has 5 N–H and O–H groups in total. The van der Waals surface area contributed by atoms with Gasteiger partial charge in [-0.2, -0.15) is 0 Å². The van der Waals surface area contributed by atoms with E-state index < -0.39 is 0 Å². The number of pyridine rings is 2. The zero-order valence-electron chi connectivity index (χ0n) is 32.4. The number of para-hydroxylation sites is 4. The summed E-state index contributed by atoms with van der Waals surface area (Å²) in [5, 5.41) is 0. The van der Waals surface area contributed by atoms with Crippen LogP contribution in [0.4, 0.5) is 0 Å². The normalized spacial score (nSPS) is 21.0. The van der Waals surface area contributed by atoms with Crippen molar-refractivity contribution in [1.29, 1.82) is 0 Å². The summed E-state index contributed by atoms with van der Waals surface area (Å²) in [6.07, 6.45) is 13.9. The fourth-order valence-electron chi connectivity index (χ4n) is 8.82. The smallest absolute Gasteiger partial charge is 0.127 e. The van der Waals surface area contributed by atoms with Gasteiger partial charge in [-0.25, -0.2) is 9.97 Å². The molecule has 2 aliphatic rings. The molecule has 0 saturated carbocycles. The lowest BCUT2D eigenvalue weighted by atomic mass is 9.91. The average Bonchev–Trinajstić information content (AvgIpc) is 3.80. The lowest BCUT2D eigenvalue weighted by molar-refractivity contribution is 0.0729. The first-order valence-electron chi connectivity index (χ1n) is 20.1. The van der Waals surface area contributed by atoms with E-state index in [1.54, 1.807) is 0 Å². The number of nitrogens with two attached hydrogens (primary N) is 2. The van der Waals surface area contributed by atoms with Crippen LogP contribution in [0.5, 0.6) is 0 Å². The van der Waals surface area contributed by atoms with E-state index in [1.165, 1.54) is 46.7 Å². The molecule has 10 nitrogen and oxygen atoms in total. The van der Waals surface area contributed by atoms with Gasteiger partial charge in [0.1, 0.15) is 11.6 Å². The second-order valence-electron chi connectivity index (χ2n) is 15.1. The molecule has 2 fully saturated rings. The maximum Gasteiger partial charge on any atom is 0.127 e. The van der Waals surface area contributed by atoms with Crippen LogP contribution in [0.15, 0.2) is 85.2 Å². The lowest BCUT2D eigenvalue weighted by Crippen LogP contribution is -2.38. The van der Waals surface area contributed by atoms with Gasteiger partial charge < -0.3 is 21.0 Å². The molecule has 2 aliphatic heterocycles. The number of aryl methyl sites for hydroxylation is 3. The summed E-state index contributed by atoms with van der Waals surface area (Å²) < 4.78 is 2.39. The molecular formula is C44H58N10. The number of hydrogen-bond acceptors (Lipinski definition) is 8. The Morgan fingerprint density at radius 2 is 1.28 bits per heavy atom. The third kappa shape index (κ3) is 8.12. The summed E-state index contributed by atoms with van der Waals surface area (Å²) in [5.41, 5.74) is 21.0. The van der Waals surface area contributed by atoms with E-state index in [1.807, 2.05) is 30.6 Å². The highest BCUT2D eigenvalue weighted by Gasteiger charge is 2.36. The SMILES string of the molecule is Cc1cccnc1C1CCCC(c2nc3ccccc3[nH]2)N1CCCCN.Cc1cccnc1C1CCCC(c2nc3ccccc3n2CCCN)N1C. The monoisotopic (exact) mass is 726 g/mol. The number of H-pyrrole nitrogens is 1. The Kier molecular flexibility index (Phi) is 12.4. The van der Waals surface area contributed by atoms with E-state index in [4.69, 9.17) is 31.4 Å². The predicted molar refractivity (Wildman–Crippen MR) is 219 cm³/mol. The van der Waals surface area contributed by atoms with Crippen molar-refractivity contribution < 1.29 is 0 Å². The molecule has 284 valence electrons. The summed E-state index contributed by atoms with van der Waals surface area (Å²) in [7, 11) is 2.23. The van der Waals surface area contributed by atoms with Crippen molar-refractivity contribution in [2.24, 2.45) is 11.5 Å². The molecule has 4 aromatic heterocycles. The molecule has 8 rings (SSSR count). The third-order valence-corrected chi connectivity index (χ3v) is 11.6. The standard InChI is InChI=1S/2C22H29N5/c1-16-8-6-14-24-21(16)19-11-5-12-20(26(19)2)22-25-17-9-3-4-10-18(17)27(22)15-7-13-23;1-16-8-7-14-24-21(16)19-11-6-12-20(27(19)15-5-4-13-23)22-25-17-9-2-3-10-18(17)26-22/h3-4,6,8-10,14,19-20H,5,7,11-13,15,23H2,1-2H3;2-3,7-10,14,19-20H,4-6,11-13,15,23H2,1H3,(H,25,26). The van der Waals surface area contributed by atoms with Crippen molar-refractivity contribution in [3.8, 4) is 0 Å². The first-order chi connectivity index (χ1) is 26.5. The number of hydrogen-bond donors (Lipinski definition) is 3. The van der Waals surface area contributed by atoms with Crippen LogP contribution in [-0.2, 0) is 6.54 Å². The minimum absolute atomic E-state index is 0.301. The molecule has 4 unspecified atom stereocenters. The van der Waals surface area contributed by atoms with Crippen molar-refractivity contribution >= 4 is 22.1 Å². The highest BCUT2D eigenvalue weighted by atomic mass is 15.2. The number of benzene rings is 2. The van der Waals surface area contributed by atoms with E-state index in [9.17, 15) is 0 Å². The van der Waals surface area contributed by atoms with Crippen LogP contribution in [0.2, 0.25) is 0 Å². The Hall–Kier alpha value is -4.48. The molecular weight excluding hydrogens is 669 g/mol. The molecule has 6 aromatic rings. The summed E-state index contributed by atoms with van der Waals surface area (Å²) >= 11 is 0. The Labute approximate surface area is 320 Å². The molecule has 54 heavy (non-hydrogen) atoms. The van der Waals surface area contributed by atoms with E-state index in [0.29, 0.717) is 30.7 Å². The zero-order chi connectivity index (χ0) is 37.4. The number of rotatable bonds is 11. The highest BCUT2D eigenvalue weighted by Crippen LogP contribution is 2.42. The number of nitrogens with one attached hydrogen (secondary N) is 1. The van der Waals surface area contributed by atoms with Gasteiger partial charge in [-0.15, -0.1) is 0 Å². The summed E-state index contributed by atoms with van der Waals surface area (Å²) in [5.74, 6) is 2.26. The number of imidazole rings is 2. The largest absolute Gasteiger partial charge is 0.341 e.